The van der Waals surface area contributed by atoms with Crippen LogP contribution in [0.5, 0.6) is 0 Å². The maximum atomic E-state index is 12.5. The van der Waals surface area contributed by atoms with Gasteiger partial charge < -0.3 is 10.2 Å². The fourth-order valence-corrected chi connectivity index (χ4v) is 2.84. The molecule has 0 bridgehead atoms. The molecule has 7 heteroatoms. The van der Waals surface area contributed by atoms with E-state index in [-0.39, 0.29) is 17.7 Å². The highest BCUT2D eigenvalue weighted by molar-refractivity contribution is 5.99. The molecule has 1 aliphatic carbocycles. The van der Waals surface area contributed by atoms with Crippen LogP contribution in [0.25, 0.3) is 0 Å². The fourth-order valence-electron chi connectivity index (χ4n) is 2.84. The molecule has 1 aliphatic rings. The number of hydrogen-bond donors (Lipinski definition) is 1. The first kappa shape index (κ1) is 19.3. The Bertz CT molecular complexity index is 608. The zero-order valence-electron chi connectivity index (χ0n) is 14.4. The van der Waals surface area contributed by atoms with Crippen LogP contribution in [0.15, 0.2) is 24.3 Å². The van der Waals surface area contributed by atoms with Crippen LogP contribution in [0.4, 0.5) is 18.9 Å². The molecule has 1 fully saturated rings. The van der Waals surface area contributed by atoms with Crippen LogP contribution < -0.4 is 5.32 Å². The Balaban J connectivity index is 1.91. The molecular formula is C18H23F3N2O2. The second-order valence-corrected chi connectivity index (χ2v) is 6.34. The molecule has 0 radical (unpaired) electrons. The van der Waals surface area contributed by atoms with E-state index in [2.05, 4.69) is 5.32 Å². The molecule has 2 rings (SSSR count). The molecule has 0 aromatic heterocycles. The highest BCUT2D eigenvalue weighted by atomic mass is 19.4. The lowest BCUT2D eigenvalue weighted by Crippen LogP contribution is -2.34. The van der Waals surface area contributed by atoms with Crippen LogP contribution in [0.2, 0.25) is 0 Å². The van der Waals surface area contributed by atoms with E-state index in [4.69, 9.17) is 0 Å². The smallest absolute Gasteiger partial charge is 0.342 e. The van der Waals surface area contributed by atoms with E-state index in [1.54, 1.807) is 4.90 Å². The normalized spacial score (nSPS) is 19.4. The van der Waals surface area contributed by atoms with Crippen LogP contribution in [0.1, 0.15) is 38.7 Å². The second-order valence-electron chi connectivity index (χ2n) is 6.34. The molecule has 0 saturated heterocycles. The third-order valence-corrected chi connectivity index (χ3v) is 4.22. The summed E-state index contributed by atoms with van der Waals surface area (Å²) in [5.74, 6) is -1.03. The molecule has 4 nitrogen and oxygen atoms in total. The zero-order valence-corrected chi connectivity index (χ0v) is 14.4. The van der Waals surface area contributed by atoms with Gasteiger partial charge in [0.1, 0.15) is 0 Å². The maximum Gasteiger partial charge on any atom is 0.416 e. The first-order valence-electron chi connectivity index (χ1n) is 8.54. The quantitative estimate of drug-likeness (QED) is 0.805. The lowest BCUT2D eigenvalue weighted by atomic mass is 10.2. The van der Waals surface area contributed by atoms with Crippen molar-refractivity contribution in [1.82, 2.24) is 4.90 Å². The van der Waals surface area contributed by atoms with Gasteiger partial charge in [0.05, 0.1) is 17.4 Å². The number of rotatable bonds is 7. The van der Waals surface area contributed by atoms with Crippen LogP contribution in [0.3, 0.4) is 0 Å². The summed E-state index contributed by atoms with van der Waals surface area (Å²) in [6, 6.07) is 4.30. The highest BCUT2D eigenvalue weighted by Gasteiger charge is 2.49. The van der Waals surface area contributed by atoms with Crippen molar-refractivity contribution in [2.75, 3.05) is 18.4 Å². The van der Waals surface area contributed by atoms with Gasteiger partial charge in [-0.1, -0.05) is 13.8 Å². The first-order valence-corrected chi connectivity index (χ1v) is 8.54. The lowest BCUT2D eigenvalue weighted by Gasteiger charge is -2.21. The molecule has 25 heavy (non-hydrogen) atoms. The SMILES string of the molecule is CCCN(CCC)C(=O)C1CC1C(=O)Nc1ccc(C(F)(F)F)cc1. The van der Waals surface area contributed by atoms with Crippen LogP contribution in [-0.2, 0) is 15.8 Å². The summed E-state index contributed by atoms with van der Waals surface area (Å²) in [4.78, 5) is 26.4. The number of benzene rings is 1. The van der Waals surface area contributed by atoms with E-state index < -0.39 is 17.7 Å². The van der Waals surface area contributed by atoms with Gasteiger partial charge in [-0.05, 0) is 43.5 Å². The molecule has 1 saturated carbocycles. The standard InChI is InChI=1S/C18H23F3N2O2/c1-3-9-23(10-4-2)17(25)15-11-14(15)16(24)22-13-7-5-12(6-8-13)18(19,20)21/h5-8,14-15H,3-4,9-11H2,1-2H3,(H,22,24). The predicted octanol–water partition coefficient (Wildman–Crippen LogP) is 3.93. The fraction of sp³-hybridized carbons (Fsp3) is 0.556. The average Bonchev–Trinajstić information content (AvgIpc) is 3.34. The number of carbonyl (C=O) groups is 2. The molecular weight excluding hydrogens is 333 g/mol. The van der Waals surface area contributed by atoms with Gasteiger partial charge in [-0.25, -0.2) is 0 Å². The molecule has 1 aromatic carbocycles. The summed E-state index contributed by atoms with van der Waals surface area (Å²) in [5.41, 5.74) is -0.463. The lowest BCUT2D eigenvalue weighted by molar-refractivity contribution is -0.137. The molecule has 1 aromatic rings. The van der Waals surface area contributed by atoms with Crippen molar-refractivity contribution >= 4 is 17.5 Å². The third kappa shape index (κ3) is 4.96. The molecule has 0 aliphatic heterocycles. The summed E-state index contributed by atoms with van der Waals surface area (Å²) >= 11 is 0. The molecule has 2 atom stereocenters. The Morgan fingerprint density at radius 2 is 1.64 bits per heavy atom. The van der Waals surface area contributed by atoms with E-state index in [0.29, 0.717) is 25.2 Å². The van der Waals surface area contributed by atoms with Gasteiger partial charge in [0.15, 0.2) is 0 Å². The van der Waals surface area contributed by atoms with Gasteiger partial charge in [0.25, 0.3) is 0 Å². The van der Waals surface area contributed by atoms with E-state index in [1.165, 1.54) is 12.1 Å². The molecule has 138 valence electrons. The zero-order chi connectivity index (χ0) is 18.6. The number of nitrogens with zero attached hydrogens (tertiary/aromatic N) is 1. The minimum absolute atomic E-state index is 0.00345. The number of alkyl halides is 3. The van der Waals surface area contributed by atoms with Crippen LogP contribution >= 0.6 is 0 Å². The number of nitrogens with one attached hydrogen (secondary N) is 1. The van der Waals surface area contributed by atoms with Crippen LogP contribution in [0, 0.1) is 11.8 Å². The Labute approximate surface area is 145 Å². The monoisotopic (exact) mass is 356 g/mol. The molecule has 2 amide bonds. The van der Waals surface area contributed by atoms with E-state index >= 15 is 0 Å². The van der Waals surface area contributed by atoms with E-state index in [0.717, 1.165) is 25.0 Å². The minimum atomic E-state index is -4.40. The van der Waals surface area contributed by atoms with Gasteiger partial charge in [-0.15, -0.1) is 0 Å². The Morgan fingerprint density at radius 3 is 2.12 bits per heavy atom. The minimum Gasteiger partial charge on any atom is -0.342 e. The first-order chi connectivity index (χ1) is 11.8. The van der Waals surface area contributed by atoms with Gasteiger partial charge in [-0.2, -0.15) is 13.2 Å². The average molecular weight is 356 g/mol. The molecule has 1 N–H and O–H groups in total. The summed E-state index contributed by atoms with van der Waals surface area (Å²) in [5, 5.41) is 2.59. The second kappa shape index (κ2) is 7.89. The van der Waals surface area contributed by atoms with Crippen LogP contribution in [-0.4, -0.2) is 29.8 Å². The largest absolute Gasteiger partial charge is 0.416 e. The highest BCUT2D eigenvalue weighted by Crippen LogP contribution is 2.41. The van der Waals surface area contributed by atoms with Crippen molar-refractivity contribution in [1.29, 1.82) is 0 Å². The summed E-state index contributed by atoms with van der Waals surface area (Å²) in [6.07, 6.45) is -2.18. The number of hydrogen-bond acceptors (Lipinski definition) is 2. The van der Waals surface area contributed by atoms with Gasteiger partial charge >= 0.3 is 6.18 Å². The third-order valence-electron chi connectivity index (χ3n) is 4.22. The summed E-state index contributed by atoms with van der Waals surface area (Å²) in [6.45, 7) is 5.35. The van der Waals surface area contributed by atoms with Gasteiger partial charge in [-0.3, -0.25) is 9.59 Å². The van der Waals surface area contributed by atoms with Crippen molar-refractivity contribution in [2.45, 2.75) is 39.3 Å². The summed E-state index contributed by atoms with van der Waals surface area (Å²) < 4.78 is 37.6. The maximum absolute atomic E-state index is 12.5. The van der Waals surface area contributed by atoms with Crippen molar-refractivity contribution in [3.8, 4) is 0 Å². The summed E-state index contributed by atoms with van der Waals surface area (Å²) in [7, 11) is 0. The topological polar surface area (TPSA) is 49.4 Å². The Hall–Kier alpha value is -2.05. The number of halogens is 3. The molecule has 2 unspecified atom stereocenters. The van der Waals surface area contributed by atoms with Crippen molar-refractivity contribution in [2.24, 2.45) is 11.8 Å². The Kier molecular flexibility index (Phi) is 6.08. The number of anilines is 1. The number of amides is 2. The number of carbonyl (C=O) groups excluding carboxylic acids is 2. The molecule has 0 spiro atoms. The molecule has 0 heterocycles. The van der Waals surface area contributed by atoms with Crippen molar-refractivity contribution in [3.05, 3.63) is 29.8 Å². The van der Waals surface area contributed by atoms with Gasteiger partial charge in [0.2, 0.25) is 11.8 Å². The van der Waals surface area contributed by atoms with E-state index in [1.807, 2.05) is 13.8 Å². The van der Waals surface area contributed by atoms with Crippen molar-refractivity contribution in [3.63, 3.8) is 0 Å². The van der Waals surface area contributed by atoms with Crippen molar-refractivity contribution < 1.29 is 22.8 Å². The predicted molar refractivity (Wildman–Crippen MR) is 88.8 cm³/mol. The Morgan fingerprint density at radius 1 is 1.08 bits per heavy atom. The van der Waals surface area contributed by atoms with Gasteiger partial charge in [0, 0.05) is 18.8 Å². The van der Waals surface area contributed by atoms with E-state index in [9.17, 15) is 22.8 Å².